The van der Waals surface area contributed by atoms with Crippen LogP contribution in [0.15, 0.2) is 73.3 Å². The van der Waals surface area contributed by atoms with Gasteiger partial charge in [0, 0.05) is 15.3 Å². The maximum Gasteiger partial charge on any atom is 0.0218 e. The lowest BCUT2D eigenvalue weighted by molar-refractivity contribution is 0.656. The molecule has 0 heterocycles. The molecular weight excluding hydrogens is 232 g/mol. The molecule has 0 amide bonds. The molecule has 0 N–H and O–H groups in total. The van der Waals surface area contributed by atoms with E-state index in [9.17, 15) is 0 Å². The van der Waals surface area contributed by atoms with Crippen molar-refractivity contribution in [3.8, 4) is 0 Å². The summed E-state index contributed by atoms with van der Waals surface area (Å²) in [6, 6.07) is 21.7. The molecule has 2 rings (SSSR count). The Balaban J connectivity index is 2.44. The van der Waals surface area contributed by atoms with Gasteiger partial charge in [0.1, 0.15) is 0 Å². The van der Waals surface area contributed by atoms with Crippen LogP contribution in [0.4, 0.5) is 0 Å². The highest BCUT2D eigenvalue weighted by molar-refractivity contribution is 6.18. The molecule has 0 fully saturated rings. The highest BCUT2D eigenvalue weighted by Gasteiger charge is 2.27. The van der Waals surface area contributed by atoms with Crippen LogP contribution in [-0.4, -0.2) is 10.2 Å². The molecule has 0 aliphatic rings. The predicted molar refractivity (Wildman–Crippen MR) is 83.0 cm³/mol. The highest BCUT2D eigenvalue weighted by atomic mass is 28.1. The molecule has 1 heteroatoms. The minimum Gasteiger partial charge on any atom is -0.103 e. The highest BCUT2D eigenvalue weighted by Crippen LogP contribution is 2.33. The zero-order valence-electron chi connectivity index (χ0n) is 11.0. The van der Waals surface area contributed by atoms with Gasteiger partial charge in [-0.1, -0.05) is 66.7 Å². The van der Waals surface area contributed by atoms with E-state index in [-0.39, 0.29) is 5.04 Å². The zero-order valence-corrected chi connectivity index (χ0v) is 13.0. The summed E-state index contributed by atoms with van der Waals surface area (Å²) < 4.78 is 0. The summed E-state index contributed by atoms with van der Waals surface area (Å²) in [6.45, 7) is 3.87. The number of allylic oxidation sites excluding steroid dienone is 1. The third-order valence-electron chi connectivity index (χ3n) is 3.67. The van der Waals surface area contributed by atoms with Crippen molar-refractivity contribution in [2.24, 2.45) is 0 Å². The minimum atomic E-state index is 0.205. The first-order valence-corrected chi connectivity index (χ1v) is 7.49. The number of hydrogen-bond acceptors (Lipinski definition) is 0. The second kappa shape index (κ2) is 5.83. The van der Waals surface area contributed by atoms with Crippen LogP contribution in [0.3, 0.4) is 0 Å². The van der Waals surface area contributed by atoms with E-state index in [1.807, 2.05) is 6.08 Å². The van der Waals surface area contributed by atoms with Crippen molar-refractivity contribution in [3.05, 3.63) is 84.4 Å². The van der Waals surface area contributed by atoms with E-state index in [4.69, 9.17) is 0 Å². The fourth-order valence-corrected chi connectivity index (χ4v) is 3.41. The van der Waals surface area contributed by atoms with Crippen molar-refractivity contribution >= 4 is 10.2 Å². The van der Waals surface area contributed by atoms with Gasteiger partial charge in [-0.05, 0) is 24.0 Å². The SMILES string of the molecule is C=CCCC([SiH3])(c1ccccc1)c1ccccc1. The van der Waals surface area contributed by atoms with Crippen molar-refractivity contribution < 1.29 is 0 Å². The Kier molecular flexibility index (Phi) is 4.16. The Morgan fingerprint density at radius 1 is 0.889 bits per heavy atom. The summed E-state index contributed by atoms with van der Waals surface area (Å²) in [6.07, 6.45) is 4.24. The smallest absolute Gasteiger partial charge is 0.0218 e. The average molecular weight is 252 g/mol. The molecule has 0 atom stereocenters. The molecular formula is C17H20Si. The zero-order chi connectivity index (χ0) is 12.8. The van der Waals surface area contributed by atoms with Gasteiger partial charge in [0.2, 0.25) is 0 Å². The van der Waals surface area contributed by atoms with Gasteiger partial charge in [0.25, 0.3) is 0 Å². The van der Waals surface area contributed by atoms with Gasteiger partial charge < -0.3 is 0 Å². The van der Waals surface area contributed by atoms with Gasteiger partial charge >= 0.3 is 0 Å². The van der Waals surface area contributed by atoms with Gasteiger partial charge in [-0.15, -0.1) is 6.58 Å². The van der Waals surface area contributed by atoms with Gasteiger partial charge in [-0.25, -0.2) is 0 Å². The fraction of sp³-hybridized carbons (Fsp3) is 0.176. The predicted octanol–water partition coefficient (Wildman–Crippen LogP) is 3.26. The second-order valence-electron chi connectivity index (χ2n) is 4.89. The van der Waals surface area contributed by atoms with Crippen LogP contribution in [0, 0.1) is 0 Å². The summed E-state index contributed by atoms with van der Waals surface area (Å²) >= 11 is 0. The van der Waals surface area contributed by atoms with E-state index in [0.717, 1.165) is 23.1 Å². The van der Waals surface area contributed by atoms with E-state index in [2.05, 4.69) is 67.2 Å². The normalized spacial score (nSPS) is 11.3. The monoisotopic (exact) mass is 252 g/mol. The largest absolute Gasteiger partial charge is 0.103 e. The summed E-state index contributed by atoms with van der Waals surface area (Å²) in [5.74, 6) is 0. The van der Waals surface area contributed by atoms with Gasteiger partial charge in [-0.2, -0.15) is 0 Å². The first-order valence-electron chi connectivity index (χ1n) is 6.49. The molecule has 2 aromatic rings. The summed E-state index contributed by atoms with van der Waals surface area (Å²) in [4.78, 5) is 0. The lowest BCUT2D eigenvalue weighted by Gasteiger charge is -2.31. The van der Waals surface area contributed by atoms with E-state index in [1.54, 1.807) is 0 Å². The Morgan fingerprint density at radius 3 is 1.72 bits per heavy atom. The molecule has 0 aliphatic heterocycles. The topological polar surface area (TPSA) is 0 Å². The summed E-state index contributed by atoms with van der Waals surface area (Å²) in [5.41, 5.74) is 2.87. The standard InChI is InChI=1S/C17H20Si/c1-2-3-14-17(18,15-10-6-4-7-11-15)16-12-8-5-9-13-16/h2,4-13H,1,3,14H2,18H3. The third kappa shape index (κ3) is 2.62. The van der Waals surface area contributed by atoms with E-state index >= 15 is 0 Å². The Bertz CT molecular complexity index is 448. The second-order valence-corrected chi connectivity index (χ2v) is 6.60. The fourth-order valence-electron chi connectivity index (χ4n) is 2.46. The average Bonchev–Trinajstić information content (AvgIpc) is 2.46. The van der Waals surface area contributed by atoms with Crippen LogP contribution in [-0.2, 0) is 5.04 Å². The van der Waals surface area contributed by atoms with Crippen LogP contribution in [0.1, 0.15) is 24.0 Å². The van der Waals surface area contributed by atoms with Crippen LogP contribution in [0.25, 0.3) is 0 Å². The van der Waals surface area contributed by atoms with Crippen molar-refractivity contribution in [3.63, 3.8) is 0 Å². The van der Waals surface area contributed by atoms with Gasteiger partial charge in [-0.3, -0.25) is 0 Å². The maximum atomic E-state index is 3.87. The number of hydrogen-bond donors (Lipinski definition) is 0. The Hall–Kier alpha value is -1.60. The molecule has 0 spiro atoms. The lowest BCUT2D eigenvalue weighted by atomic mass is 9.86. The minimum absolute atomic E-state index is 0.205. The van der Waals surface area contributed by atoms with Crippen LogP contribution >= 0.6 is 0 Å². The van der Waals surface area contributed by atoms with E-state index in [1.165, 1.54) is 11.1 Å². The summed E-state index contributed by atoms with van der Waals surface area (Å²) in [5, 5.41) is 0.205. The van der Waals surface area contributed by atoms with Crippen molar-refractivity contribution in [1.29, 1.82) is 0 Å². The molecule has 0 aliphatic carbocycles. The third-order valence-corrected chi connectivity index (χ3v) is 5.33. The number of rotatable bonds is 5. The first-order chi connectivity index (χ1) is 8.77. The van der Waals surface area contributed by atoms with E-state index in [0.29, 0.717) is 0 Å². The van der Waals surface area contributed by atoms with Crippen LogP contribution in [0.2, 0.25) is 0 Å². The number of benzene rings is 2. The van der Waals surface area contributed by atoms with Gasteiger partial charge in [0.05, 0.1) is 0 Å². The molecule has 0 bridgehead atoms. The van der Waals surface area contributed by atoms with Crippen LogP contribution < -0.4 is 0 Å². The van der Waals surface area contributed by atoms with Crippen molar-refractivity contribution in [2.45, 2.75) is 17.9 Å². The van der Waals surface area contributed by atoms with E-state index < -0.39 is 0 Å². The quantitative estimate of drug-likeness (QED) is 0.566. The molecule has 0 saturated carbocycles. The molecule has 0 aromatic heterocycles. The van der Waals surface area contributed by atoms with Crippen molar-refractivity contribution in [2.75, 3.05) is 0 Å². The molecule has 0 saturated heterocycles. The maximum absolute atomic E-state index is 3.87. The molecule has 0 nitrogen and oxygen atoms in total. The van der Waals surface area contributed by atoms with Crippen molar-refractivity contribution in [1.82, 2.24) is 0 Å². The van der Waals surface area contributed by atoms with Crippen LogP contribution in [0.5, 0.6) is 0 Å². The lowest BCUT2D eigenvalue weighted by Crippen LogP contribution is -2.27. The molecule has 2 aromatic carbocycles. The Labute approximate surface area is 113 Å². The Morgan fingerprint density at radius 2 is 1.33 bits per heavy atom. The molecule has 18 heavy (non-hydrogen) atoms. The van der Waals surface area contributed by atoms with Gasteiger partial charge in [0.15, 0.2) is 0 Å². The first kappa shape index (κ1) is 12.8. The molecule has 0 radical (unpaired) electrons. The molecule has 92 valence electrons. The molecule has 0 unspecified atom stereocenters. The summed E-state index contributed by atoms with van der Waals surface area (Å²) in [7, 11) is 1.11.